The summed E-state index contributed by atoms with van der Waals surface area (Å²) in [7, 11) is 1.64. The van der Waals surface area contributed by atoms with Gasteiger partial charge in [-0.2, -0.15) is 0 Å². The van der Waals surface area contributed by atoms with E-state index in [1.807, 2.05) is 30.5 Å². The Morgan fingerprint density at radius 2 is 1.96 bits per heavy atom. The zero-order valence-electron chi connectivity index (χ0n) is 14.9. The highest BCUT2D eigenvalue weighted by atomic mass is 35.5. The van der Waals surface area contributed by atoms with Crippen molar-refractivity contribution in [2.75, 3.05) is 20.3 Å². The van der Waals surface area contributed by atoms with Crippen LogP contribution in [0, 0.1) is 0 Å². The van der Waals surface area contributed by atoms with Crippen LogP contribution in [-0.4, -0.2) is 31.3 Å². The van der Waals surface area contributed by atoms with Crippen molar-refractivity contribution in [1.29, 1.82) is 0 Å². The molecule has 3 rings (SSSR count). The molecule has 0 aliphatic heterocycles. The van der Waals surface area contributed by atoms with Crippen LogP contribution in [0.4, 0.5) is 4.79 Å². The highest BCUT2D eigenvalue weighted by Crippen LogP contribution is 2.23. The van der Waals surface area contributed by atoms with Gasteiger partial charge in [0.1, 0.15) is 5.75 Å². The number of benzene rings is 2. The second kappa shape index (κ2) is 9.02. The van der Waals surface area contributed by atoms with E-state index in [2.05, 4.69) is 10.3 Å². The van der Waals surface area contributed by atoms with E-state index in [1.165, 1.54) is 0 Å². The first-order chi connectivity index (χ1) is 13.1. The van der Waals surface area contributed by atoms with Gasteiger partial charge in [-0.05, 0) is 41.8 Å². The minimum atomic E-state index is -0.443. The van der Waals surface area contributed by atoms with Crippen LogP contribution in [-0.2, 0) is 17.6 Å². The summed E-state index contributed by atoms with van der Waals surface area (Å²) in [6, 6.07) is 11.1. The van der Waals surface area contributed by atoms with Crippen molar-refractivity contribution in [3.05, 3.63) is 63.8 Å². The standard InChI is InChI=1S/C20H20Cl2N2O3/c1-26-16-4-5-17-14(12-24-19(17)11-16)6-8-23-20(25)27-9-7-13-2-3-15(21)10-18(13)22/h2-5,10-12,24H,6-9H2,1H3,(H,23,25). The van der Waals surface area contributed by atoms with E-state index >= 15 is 0 Å². The molecular weight excluding hydrogens is 387 g/mol. The molecular formula is C20H20Cl2N2O3. The van der Waals surface area contributed by atoms with Crippen molar-refractivity contribution in [1.82, 2.24) is 10.3 Å². The Bertz CT molecular complexity index is 940. The average molecular weight is 407 g/mol. The largest absolute Gasteiger partial charge is 0.497 e. The monoisotopic (exact) mass is 406 g/mol. The Balaban J connectivity index is 1.43. The van der Waals surface area contributed by atoms with Gasteiger partial charge in [0, 0.05) is 46.2 Å². The fourth-order valence-electron chi connectivity index (χ4n) is 2.83. The molecule has 3 aromatic rings. The summed E-state index contributed by atoms with van der Waals surface area (Å²) in [6.07, 6.45) is 2.74. The van der Waals surface area contributed by atoms with Gasteiger partial charge in [0.2, 0.25) is 0 Å². The molecule has 0 saturated heterocycles. The minimum Gasteiger partial charge on any atom is -0.497 e. The van der Waals surface area contributed by atoms with Crippen LogP contribution >= 0.6 is 23.2 Å². The SMILES string of the molecule is COc1ccc2c(CCNC(=O)OCCc3ccc(Cl)cc3Cl)c[nH]c2c1. The lowest BCUT2D eigenvalue weighted by molar-refractivity contribution is 0.147. The summed E-state index contributed by atoms with van der Waals surface area (Å²) < 4.78 is 10.4. The lowest BCUT2D eigenvalue weighted by atomic mass is 10.1. The number of rotatable bonds is 7. The normalized spacial score (nSPS) is 10.8. The summed E-state index contributed by atoms with van der Waals surface area (Å²) in [4.78, 5) is 15.1. The first-order valence-corrected chi connectivity index (χ1v) is 9.31. The molecule has 0 spiro atoms. The summed E-state index contributed by atoms with van der Waals surface area (Å²) in [5, 5.41) is 5.03. The molecule has 1 aromatic heterocycles. The number of hydrogen-bond donors (Lipinski definition) is 2. The van der Waals surface area contributed by atoms with Gasteiger partial charge in [0.05, 0.1) is 13.7 Å². The van der Waals surface area contributed by atoms with Crippen molar-refractivity contribution < 1.29 is 14.3 Å². The van der Waals surface area contributed by atoms with Crippen LogP contribution in [0.25, 0.3) is 10.9 Å². The van der Waals surface area contributed by atoms with Gasteiger partial charge in [0.15, 0.2) is 0 Å². The third-order valence-electron chi connectivity index (χ3n) is 4.26. The molecule has 0 fully saturated rings. The summed E-state index contributed by atoms with van der Waals surface area (Å²) >= 11 is 12.0. The third-order valence-corrected chi connectivity index (χ3v) is 4.84. The number of carbonyl (C=O) groups is 1. The number of carbonyl (C=O) groups excluding carboxylic acids is 1. The Kier molecular flexibility index (Phi) is 6.48. The third kappa shape index (κ3) is 5.08. The van der Waals surface area contributed by atoms with E-state index in [0.29, 0.717) is 29.4 Å². The van der Waals surface area contributed by atoms with E-state index in [0.717, 1.165) is 27.8 Å². The molecule has 1 heterocycles. The van der Waals surface area contributed by atoms with E-state index in [9.17, 15) is 4.79 Å². The van der Waals surface area contributed by atoms with Gasteiger partial charge in [-0.1, -0.05) is 29.3 Å². The van der Waals surface area contributed by atoms with Crippen molar-refractivity contribution in [2.45, 2.75) is 12.8 Å². The maximum atomic E-state index is 11.8. The Morgan fingerprint density at radius 3 is 2.74 bits per heavy atom. The quantitative estimate of drug-likeness (QED) is 0.580. The number of nitrogens with one attached hydrogen (secondary N) is 2. The summed E-state index contributed by atoms with van der Waals surface area (Å²) in [5.74, 6) is 0.804. The van der Waals surface area contributed by atoms with E-state index in [1.54, 1.807) is 19.2 Å². The van der Waals surface area contributed by atoms with Crippen LogP contribution < -0.4 is 10.1 Å². The molecule has 1 amide bonds. The topological polar surface area (TPSA) is 63.4 Å². The zero-order valence-corrected chi connectivity index (χ0v) is 16.4. The predicted molar refractivity (Wildman–Crippen MR) is 108 cm³/mol. The van der Waals surface area contributed by atoms with Crippen molar-refractivity contribution in [3.8, 4) is 5.75 Å². The predicted octanol–water partition coefficient (Wildman–Crippen LogP) is 4.99. The Hall–Kier alpha value is -2.37. The molecule has 7 heteroatoms. The van der Waals surface area contributed by atoms with Gasteiger partial charge >= 0.3 is 6.09 Å². The van der Waals surface area contributed by atoms with Crippen LogP contribution in [0.2, 0.25) is 10.0 Å². The molecule has 0 saturated carbocycles. The number of methoxy groups -OCH3 is 1. The number of amides is 1. The highest BCUT2D eigenvalue weighted by molar-refractivity contribution is 6.35. The summed E-state index contributed by atoms with van der Waals surface area (Å²) in [5.41, 5.74) is 3.02. The van der Waals surface area contributed by atoms with E-state index < -0.39 is 6.09 Å². The molecule has 0 radical (unpaired) electrons. The van der Waals surface area contributed by atoms with Gasteiger partial charge in [-0.15, -0.1) is 0 Å². The van der Waals surface area contributed by atoms with E-state index in [-0.39, 0.29) is 6.61 Å². The maximum Gasteiger partial charge on any atom is 0.407 e. The molecule has 142 valence electrons. The fourth-order valence-corrected chi connectivity index (χ4v) is 3.33. The number of ether oxygens (including phenoxy) is 2. The minimum absolute atomic E-state index is 0.250. The van der Waals surface area contributed by atoms with Crippen molar-refractivity contribution in [2.24, 2.45) is 0 Å². The first-order valence-electron chi connectivity index (χ1n) is 8.55. The van der Waals surface area contributed by atoms with Crippen LogP contribution in [0.1, 0.15) is 11.1 Å². The van der Waals surface area contributed by atoms with Gasteiger partial charge in [0.25, 0.3) is 0 Å². The lowest BCUT2D eigenvalue weighted by Crippen LogP contribution is -2.27. The molecule has 0 atom stereocenters. The fraction of sp³-hybridized carbons (Fsp3) is 0.250. The second-order valence-corrected chi connectivity index (χ2v) is 6.87. The molecule has 0 aliphatic rings. The number of halogens is 2. The van der Waals surface area contributed by atoms with Crippen LogP contribution in [0.5, 0.6) is 5.75 Å². The van der Waals surface area contributed by atoms with Gasteiger partial charge in [-0.3, -0.25) is 0 Å². The number of H-pyrrole nitrogens is 1. The zero-order chi connectivity index (χ0) is 19.2. The van der Waals surface area contributed by atoms with Crippen molar-refractivity contribution in [3.63, 3.8) is 0 Å². The van der Waals surface area contributed by atoms with Gasteiger partial charge < -0.3 is 19.8 Å². The molecule has 2 aromatic carbocycles. The second-order valence-electron chi connectivity index (χ2n) is 6.02. The molecule has 5 nitrogen and oxygen atoms in total. The molecule has 2 N–H and O–H groups in total. The number of aromatic nitrogens is 1. The number of fused-ring (bicyclic) bond motifs is 1. The van der Waals surface area contributed by atoms with Crippen LogP contribution in [0.3, 0.4) is 0 Å². The highest BCUT2D eigenvalue weighted by Gasteiger charge is 2.07. The Labute approximate surface area is 167 Å². The molecule has 0 bridgehead atoms. The average Bonchev–Trinajstić information content (AvgIpc) is 3.05. The first kappa shape index (κ1) is 19.4. The molecule has 27 heavy (non-hydrogen) atoms. The summed E-state index contributed by atoms with van der Waals surface area (Å²) in [6.45, 7) is 0.736. The number of hydrogen-bond acceptors (Lipinski definition) is 3. The number of alkyl carbamates (subject to hydrolysis) is 1. The maximum absolute atomic E-state index is 11.8. The number of aromatic amines is 1. The van der Waals surface area contributed by atoms with E-state index in [4.69, 9.17) is 32.7 Å². The smallest absolute Gasteiger partial charge is 0.407 e. The van der Waals surface area contributed by atoms with Crippen molar-refractivity contribution >= 4 is 40.2 Å². The molecule has 0 aliphatic carbocycles. The van der Waals surface area contributed by atoms with Gasteiger partial charge in [-0.25, -0.2) is 4.79 Å². The van der Waals surface area contributed by atoms with Crippen LogP contribution in [0.15, 0.2) is 42.6 Å². The molecule has 0 unspecified atom stereocenters. The lowest BCUT2D eigenvalue weighted by Gasteiger charge is -2.08. The Morgan fingerprint density at radius 1 is 1.11 bits per heavy atom.